The molecule has 2 aromatic carbocycles. The van der Waals surface area contributed by atoms with E-state index in [1.807, 2.05) is 30.3 Å². The van der Waals surface area contributed by atoms with Crippen LogP contribution < -0.4 is 10.5 Å². The van der Waals surface area contributed by atoms with Crippen LogP contribution in [0.5, 0.6) is 11.5 Å². The monoisotopic (exact) mass is 271 g/mol. The van der Waals surface area contributed by atoms with Crippen LogP contribution in [-0.2, 0) is 12.8 Å². The van der Waals surface area contributed by atoms with E-state index >= 15 is 0 Å². The Morgan fingerprint density at radius 2 is 1.75 bits per heavy atom. The van der Waals surface area contributed by atoms with E-state index in [2.05, 4.69) is 0 Å². The minimum atomic E-state index is 0.408. The number of nitrogens with two attached hydrogens (primary N) is 1. The third-order valence-electron chi connectivity index (χ3n) is 3.43. The summed E-state index contributed by atoms with van der Waals surface area (Å²) in [5, 5.41) is 9.19. The molecule has 0 saturated carbocycles. The lowest BCUT2D eigenvalue weighted by Gasteiger charge is -2.14. The number of aryl methyl sites for hydroxylation is 2. The second-order valence-corrected chi connectivity index (χ2v) is 4.94. The van der Waals surface area contributed by atoms with Crippen molar-refractivity contribution in [2.45, 2.75) is 25.7 Å². The van der Waals surface area contributed by atoms with Crippen LogP contribution in [0.25, 0.3) is 0 Å². The number of phenols is 1. The number of methoxy groups -OCH3 is 1. The molecular weight excluding hydrogens is 250 g/mol. The molecule has 106 valence electrons. The highest BCUT2D eigenvalue weighted by molar-refractivity contribution is 5.43. The summed E-state index contributed by atoms with van der Waals surface area (Å²) in [6.45, 7) is 0. The summed E-state index contributed by atoms with van der Waals surface area (Å²) < 4.78 is 4.92. The van der Waals surface area contributed by atoms with Crippen molar-refractivity contribution in [2.75, 3.05) is 12.8 Å². The number of phenolic OH excluding ortho intramolecular Hbond substituents is 1. The normalized spacial score (nSPS) is 12.8. The van der Waals surface area contributed by atoms with Crippen LogP contribution >= 0.6 is 0 Å². The van der Waals surface area contributed by atoms with Crippen molar-refractivity contribution in [3.05, 3.63) is 53.6 Å². The molecule has 2 aromatic rings. The van der Waals surface area contributed by atoms with Crippen LogP contribution in [0.15, 0.2) is 42.5 Å². The second-order valence-electron chi connectivity index (χ2n) is 4.94. The first-order valence-electron chi connectivity index (χ1n) is 6.89. The smallest absolute Gasteiger partial charge is 0.120 e. The highest BCUT2D eigenvalue weighted by atomic mass is 16.5. The third kappa shape index (κ3) is 3.92. The zero-order valence-electron chi connectivity index (χ0n) is 11.8. The third-order valence-corrected chi connectivity index (χ3v) is 3.43. The van der Waals surface area contributed by atoms with Crippen molar-refractivity contribution < 1.29 is 9.84 Å². The van der Waals surface area contributed by atoms with Gasteiger partial charge in [-0.2, -0.15) is 0 Å². The van der Waals surface area contributed by atoms with Gasteiger partial charge in [0, 0.05) is 11.8 Å². The summed E-state index contributed by atoms with van der Waals surface area (Å²) in [4.78, 5) is 0. The largest absolute Gasteiger partial charge is 0.508 e. The molecule has 1 aliphatic rings. The summed E-state index contributed by atoms with van der Waals surface area (Å²) in [5.74, 6) is 1.21. The van der Waals surface area contributed by atoms with Gasteiger partial charge in [-0.15, -0.1) is 0 Å². The minimum Gasteiger partial charge on any atom is -0.508 e. The fraction of sp³-hybridized carbons (Fsp3) is 0.294. The number of anilines is 1. The van der Waals surface area contributed by atoms with Crippen molar-refractivity contribution in [1.82, 2.24) is 0 Å². The Morgan fingerprint density at radius 3 is 2.40 bits per heavy atom. The number of rotatable bonds is 1. The maximum absolute atomic E-state index is 9.19. The summed E-state index contributed by atoms with van der Waals surface area (Å²) in [5.41, 5.74) is 8.95. The molecule has 0 amide bonds. The molecule has 0 bridgehead atoms. The zero-order chi connectivity index (χ0) is 14.4. The van der Waals surface area contributed by atoms with Crippen LogP contribution in [0.2, 0.25) is 0 Å². The summed E-state index contributed by atoms with van der Waals surface area (Å²) in [7, 11) is 1.62. The minimum absolute atomic E-state index is 0.408. The molecule has 0 fully saturated rings. The Labute approximate surface area is 120 Å². The Hall–Kier alpha value is -2.16. The van der Waals surface area contributed by atoms with Crippen molar-refractivity contribution in [3.8, 4) is 11.5 Å². The molecule has 0 aromatic heterocycles. The van der Waals surface area contributed by atoms with E-state index in [0.717, 1.165) is 17.9 Å². The standard InChI is InChI=1S/C10H12O.C7H9NO/c11-10-6-5-8-3-1-2-4-9(8)7-10;1-9-7-4-2-3-6(8)5-7/h5-7,11H,1-4H2;2-5H,8H2,1H3. The molecule has 0 spiro atoms. The van der Waals surface area contributed by atoms with Crippen LogP contribution in [0.3, 0.4) is 0 Å². The van der Waals surface area contributed by atoms with Gasteiger partial charge in [0.1, 0.15) is 11.5 Å². The second kappa shape index (κ2) is 6.85. The van der Waals surface area contributed by atoms with Crippen molar-refractivity contribution >= 4 is 5.69 Å². The Kier molecular flexibility index (Phi) is 4.88. The molecule has 0 saturated heterocycles. The Morgan fingerprint density at radius 1 is 1.00 bits per heavy atom. The molecule has 3 nitrogen and oxygen atoms in total. The van der Waals surface area contributed by atoms with Crippen molar-refractivity contribution in [3.63, 3.8) is 0 Å². The highest BCUT2D eigenvalue weighted by Crippen LogP contribution is 2.24. The molecule has 0 atom stereocenters. The van der Waals surface area contributed by atoms with Crippen LogP contribution in [-0.4, -0.2) is 12.2 Å². The first-order chi connectivity index (χ1) is 9.69. The molecular formula is C17H21NO2. The zero-order valence-corrected chi connectivity index (χ0v) is 11.8. The van der Waals surface area contributed by atoms with Gasteiger partial charge in [-0.3, -0.25) is 0 Å². The Bertz CT molecular complexity index is 567. The van der Waals surface area contributed by atoms with Crippen molar-refractivity contribution in [1.29, 1.82) is 0 Å². The van der Waals surface area contributed by atoms with Crippen LogP contribution in [0, 0.1) is 0 Å². The van der Waals surface area contributed by atoms with Gasteiger partial charge in [0.25, 0.3) is 0 Å². The lowest BCUT2D eigenvalue weighted by Crippen LogP contribution is -2.01. The van der Waals surface area contributed by atoms with Crippen LogP contribution in [0.1, 0.15) is 24.0 Å². The quantitative estimate of drug-likeness (QED) is 0.780. The molecule has 3 rings (SSSR count). The van der Waals surface area contributed by atoms with E-state index in [1.165, 1.54) is 30.4 Å². The average Bonchev–Trinajstić information content (AvgIpc) is 2.47. The summed E-state index contributed by atoms with van der Waals surface area (Å²) in [6, 6.07) is 13.0. The molecule has 0 unspecified atom stereocenters. The van der Waals surface area contributed by atoms with Gasteiger partial charge in [0.15, 0.2) is 0 Å². The summed E-state index contributed by atoms with van der Waals surface area (Å²) >= 11 is 0. The average molecular weight is 271 g/mol. The lowest BCUT2D eigenvalue weighted by molar-refractivity contribution is 0.415. The SMILES string of the molecule is COc1cccc(N)c1.Oc1ccc2c(c1)CCCC2. The first-order valence-corrected chi connectivity index (χ1v) is 6.89. The number of fused-ring (bicyclic) bond motifs is 1. The van der Waals surface area contributed by atoms with Gasteiger partial charge < -0.3 is 15.6 Å². The maximum atomic E-state index is 9.19. The van der Waals surface area contributed by atoms with Crippen molar-refractivity contribution in [2.24, 2.45) is 0 Å². The Balaban J connectivity index is 0.000000151. The number of benzene rings is 2. The van der Waals surface area contributed by atoms with E-state index in [4.69, 9.17) is 10.5 Å². The van der Waals surface area contributed by atoms with Gasteiger partial charge >= 0.3 is 0 Å². The lowest BCUT2D eigenvalue weighted by atomic mass is 9.92. The number of hydrogen-bond donors (Lipinski definition) is 2. The fourth-order valence-electron chi connectivity index (χ4n) is 2.36. The van der Waals surface area contributed by atoms with Gasteiger partial charge in [-0.05, 0) is 61.1 Å². The van der Waals surface area contributed by atoms with Gasteiger partial charge in [-0.1, -0.05) is 12.1 Å². The predicted molar refractivity (Wildman–Crippen MR) is 82.2 cm³/mol. The highest BCUT2D eigenvalue weighted by Gasteiger charge is 2.08. The van der Waals surface area contributed by atoms with Gasteiger partial charge in [0.05, 0.1) is 7.11 Å². The van der Waals surface area contributed by atoms with E-state index < -0.39 is 0 Å². The van der Waals surface area contributed by atoms with E-state index in [9.17, 15) is 5.11 Å². The van der Waals surface area contributed by atoms with Gasteiger partial charge in [-0.25, -0.2) is 0 Å². The molecule has 3 N–H and O–H groups in total. The van der Waals surface area contributed by atoms with E-state index in [0.29, 0.717) is 5.75 Å². The number of nitrogen functional groups attached to an aromatic ring is 1. The molecule has 0 radical (unpaired) electrons. The molecule has 0 aliphatic heterocycles. The number of aromatic hydroxyl groups is 1. The first kappa shape index (κ1) is 14.3. The maximum Gasteiger partial charge on any atom is 0.120 e. The van der Waals surface area contributed by atoms with E-state index in [1.54, 1.807) is 19.2 Å². The molecule has 1 aliphatic carbocycles. The predicted octanol–water partition coefficient (Wildman–Crippen LogP) is 3.55. The summed E-state index contributed by atoms with van der Waals surface area (Å²) in [6.07, 6.45) is 4.91. The number of ether oxygens (including phenoxy) is 1. The topological polar surface area (TPSA) is 55.5 Å². The van der Waals surface area contributed by atoms with E-state index in [-0.39, 0.29) is 0 Å². The molecule has 3 heteroatoms. The molecule has 0 heterocycles. The van der Waals surface area contributed by atoms with Crippen LogP contribution in [0.4, 0.5) is 5.69 Å². The van der Waals surface area contributed by atoms with Gasteiger partial charge in [0.2, 0.25) is 0 Å². The molecule has 20 heavy (non-hydrogen) atoms. The number of hydrogen-bond acceptors (Lipinski definition) is 3. The fourth-order valence-corrected chi connectivity index (χ4v) is 2.36.